The number of esters is 1. The summed E-state index contributed by atoms with van der Waals surface area (Å²) in [6.07, 6.45) is 0.409. The van der Waals surface area contributed by atoms with E-state index in [1.165, 1.54) is 7.11 Å². The molecule has 0 aliphatic carbocycles. The Morgan fingerprint density at radius 2 is 2.33 bits per heavy atom. The fourth-order valence-electron chi connectivity index (χ4n) is 0.997. The first-order valence-electron chi connectivity index (χ1n) is 4.38. The molecule has 3 nitrogen and oxygen atoms in total. The molecular weight excluding hydrogens is 325 g/mol. The SMILES string of the molecule is COC(=O)CCSc1ccc(I)cc1N. The van der Waals surface area contributed by atoms with Crippen LogP contribution in [0.1, 0.15) is 6.42 Å². The molecule has 0 radical (unpaired) electrons. The third-order valence-corrected chi connectivity index (χ3v) is 3.53. The summed E-state index contributed by atoms with van der Waals surface area (Å²) in [4.78, 5) is 11.9. The molecule has 15 heavy (non-hydrogen) atoms. The van der Waals surface area contributed by atoms with Gasteiger partial charge in [-0.2, -0.15) is 0 Å². The van der Waals surface area contributed by atoms with Crippen LogP contribution in [-0.4, -0.2) is 18.8 Å². The van der Waals surface area contributed by atoms with E-state index in [0.29, 0.717) is 12.2 Å². The number of benzene rings is 1. The summed E-state index contributed by atoms with van der Waals surface area (Å²) in [5.74, 6) is 0.504. The zero-order valence-corrected chi connectivity index (χ0v) is 11.3. The van der Waals surface area contributed by atoms with Crippen LogP contribution in [0.2, 0.25) is 0 Å². The second kappa shape index (κ2) is 6.22. The van der Waals surface area contributed by atoms with E-state index in [1.54, 1.807) is 11.8 Å². The Hall–Kier alpha value is -0.430. The van der Waals surface area contributed by atoms with Gasteiger partial charge in [0.25, 0.3) is 0 Å². The van der Waals surface area contributed by atoms with Crippen LogP contribution in [0.3, 0.4) is 0 Å². The molecule has 1 aromatic carbocycles. The standard InChI is InChI=1S/C10H12INO2S/c1-14-10(13)4-5-15-9-3-2-7(11)6-8(9)12/h2-3,6H,4-5,12H2,1H3. The first-order valence-corrected chi connectivity index (χ1v) is 6.44. The van der Waals surface area contributed by atoms with E-state index in [-0.39, 0.29) is 5.97 Å². The predicted molar refractivity (Wildman–Crippen MR) is 70.9 cm³/mol. The van der Waals surface area contributed by atoms with Crippen LogP contribution in [0.4, 0.5) is 5.69 Å². The molecule has 0 bridgehead atoms. The van der Waals surface area contributed by atoms with Crippen molar-refractivity contribution in [2.45, 2.75) is 11.3 Å². The third kappa shape index (κ3) is 4.29. The summed E-state index contributed by atoms with van der Waals surface area (Å²) < 4.78 is 5.67. The van der Waals surface area contributed by atoms with Crippen molar-refractivity contribution in [1.29, 1.82) is 0 Å². The summed E-state index contributed by atoms with van der Waals surface area (Å²) in [6, 6.07) is 5.89. The Kier molecular flexibility index (Phi) is 5.24. The Morgan fingerprint density at radius 3 is 2.93 bits per heavy atom. The first kappa shape index (κ1) is 12.6. The molecule has 0 heterocycles. The minimum absolute atomic E-state index is 0.188. The maximum atomic E-state index is 10.9. The van der Waals surface area contributed by atoms with Crippen molar-refractivity contribution in [3.8, 4) is 0 Å². The normalized spacial score (nSPS) is 10.0. The van der Waals surface area contributed by atoms with E-state index in [1.807, 2.05) is 18.2 Å². The van der Waals surface area contributed by atoms with Gasteiger partial charge in [-0.25, -0.2) is 0 Å². The Labute approximate surface area is 107 Å². The van der Waals surface area contributed by atoms with E-state index in [0.717, 1.165) is 14.2 Å². The van der Waals surface area contributed by atoms with Crippen molar-refractivity contribution in [3.05, 3.63) is 21.8 Å². The minimum Gasteiger partial charge on any atom is -0.469 e. The Morgan fingerprint density at radius 1 is 1.60 bits per heavy atom. The maximum Gasteiger partial charge on any atom is 0.306 e. The van der Waals surface area contributed by atoms with Gasteiger partial charge in [0.2, 0.25) is 0 Å². The molecule has 0 spiro atoms. The monoisotopic (exact) mass is 337 g/mol. The van der Waals surface area contributed by atoms with Crippen molar-refractivity contribution in [2.24, 2.45) is 0 Å². The lowest BCUT2D eigenvalue weighted by atomic mass is 10.3. The first-order chi connectivity index (χ1) is 7.13. The maximum absolute atomic E-state index is 10.9. The van der Waals surface area contributed by atoms with Crippen LogP contribution in [0, 0.1) is 3.57 Å². The van der Waals surface area contributed by atoms with Crippen LogP contribution in [-0.2, 0) is 9.53 Å². The Bertz CT molecular complexity index is 357. The van der Waals surface area contributed by atoms with E-state index in [9.17, 15) is 4.79 Å². The Balaban J connectivity index is 2.47. The largest absolute Gasteiger partial charge is 0.469 e. The number of nitrogen functional groups attached to an aromatic ring is 1. The summed E-state index contributed by atoms with van der Waals surface area (Å²) in [6.45, 7) is 0. The smallest absolute Gasteiger partial charge is 0.306 e. The topological polar surface area (TPSA) is 52.3 Å². The van der Waals surface area contributed by atoms with Crippen molar-refractivity contribution in [1.82, 2.24) is 0 Å². The van der Waals surface area contributed by atoms with Gasteiger partial charge in [0.15, 0.2) is 0 Å². The molecule has 0 amide bonds. The number of nitrogens with two attached hydrogens (primary N) is 1. The fraction of sp³-hybridized carbons (Fsp3) is 0.300. The number of hydrogen-bond acceptors (Lipinski definition) is 4. The van der Waals surface area contributed by atoms with Gasteiger partial charge in [-0.1, -0.05) is 0 Å². The molecular formula is C10H12INO2S. The molecule has 2 N–H and O–H groups in total. The summed E-state index contributed by atoms with van der Waals surface area (Å²) >= 11 is 3.78. The molecule has 5 heteroatoms. The van der Waals surface area contributed by atoms with Crippen molar-refractivity contribution >= 4 is 46.0 Å². The van der Waals surface area contributed by atoms with E-state index in [2.05, 4.69) is 27.3 Å². The molecule has 0 fully saturated rings. The van der Waals surface area contributed by atoms with Crippen molar-refractivity contribution < 1.29 is 9.53 Å². The number of ether oxygens (including phenoxy) is 1. The van der Waals surface area contributed by atoms with Crippen LogP contribution < -0.4 is 5.73 Å². The third-order valence-electron chi connectivity index (χ3n) is 1.76. The summed E-state index contributed by atoms with van der Waals surface area (Å²) in [7, 11) is 1.40. The van der Waals surface area contributed by atoms with Gasteiger partial charge >= 0.3 is 5.97 Å². The zero-order valence-electron chi connectivity index (χ0n) is 8.33. The molecule has 0 aromatic heterocycles. The van der Waals surface area contributed by atoms with E-state index < -0.39 is 0 Å². The number of rotatable bonds is 4. The minimum atomic E-state index is -0.188. The van der Waals surface area contributed by atoms with Crippen LogP contribution in [0.25, 0.3) is 0 Å². The van der Waals surface area contributed by atoms with Gasteiger partial charge in [0, 0.05) is 19.9 Å². The van der Waals surface area contributed by atoms with Crippen LogP contribution in [0.15, 0.2) is 23.1 Å². The number of carbonyl (C=O) groups excluding carboxylic acids is 1. The highest BCUT2D eigenvalue weighted by Gasteiger charge is 2.03. The molecule has 0 aliphatic rings. The second-order valence-electron chi connectivity index (χ2n) is 2.86. The molecule has 1 rings (SSSR count). The highest BCUT2D eigenvalue weighted by molar-refractivity contribution is 14.1. The highest BCUT2D eigenvalue weighted by atomic mass is 127. The van der Waals surface area contributed by atoms with Gasteiger partial charge in [0.05, 0.1) is 13.5 Å². The van der Waals surface area contributed by atoms with Gasteiger partial charge < -0.3 is 10.5 Å². The fourth-order valence-corrected chi connectivity index (χ4v) is 2.39. The van der Waals surface area contributed by atoms with E-state index >= 15 is 0 Å². The second-order valence-corrected chi connectivity index (χ2v) is 5.24. The molecule has 0 saturated carbocycles. The molecule has 0 aliphatic heterocycles. The van der Waals surface area contributed by atoms with Gasteiger partial charge in [-0.3, -0.25) is 4.79 Å². The quantitative estimate of drug-likeness (QED) is 0.397. The highest BCUT2D eigenvalue weighted by Crippen LogP contribution is 2.26. The number of methoxy groups -OCH3 is 1. The molecule has 1 aromatic rings. The average Bonchev–Trinajstić information content (AvgIpc) is 2.21. The van der Waals surface area contributed by atoms with Gasteiger partial charge in [-0.05, 0) is 40.8 Å². The zero-order chi connectivity index (χ0) is 11.3. The summed E-state index contributed by atoms with van der Waals surface area (Å²) in [5.41, 5.74) is 6.59. The van der Waals surface area contributed by atoms with Crippen molar-refractivity contribution in [3.63, 3.8) is 0 Å². The molecule has 0 unspecified atom stereocenters. The number of anilines is 1. The van der Waals surface area contributed by atoms with Gasteiger partial charge in [-0.15, -0.1) is 11.8 Å². The number of thioether (sulfide) groups is 1. The number of halogens is 1. The molecule has 0 saturated heterocycles. The number of carbonyl (C=O) groups is 1. The van der Waals surface area contributed by atoms with Gasteiger partial charge in [0.1, 0.15) is 0 Å². The number of hydrogen-bond donors (Lipinski definition) is 1. The van der Waals surface area contributed by atoms with Crippen LogP contribution >= 0.6 is 34.4 Å². The lowest BCUT2D eigenvalue weighted by Gasteiger charge is -2.05. The molecule has 0 atom stereocenters. The van der Waals surface area contributed by atoms with Crippen molar-refractivity contribution in [2.75, 3.05) is 18.6 Å². The molecule has 82 valence electrons. The predicted octanol–water partition coefficient (Wildman–Crippen LogP) is 2.53. The average molecular weight is 337 g/mol. The lowest BCUT2D eigenvalue weighted by Crippen LogP contribution is -2.01. The summed E-state index contributed by atoms with van der Waals surface area (Å²) in [5, 5.41) is 0. The lowest BCUT2D eigenvalue weighted by molar-refractivity contribution is -0.140. The van der Waals surface area contributed by atoms with Crippen LogP contribution in [0.5, 0.6) is 0 Å². The van der Waals surface area contributed by atoms with E-state index in [4.69, 9.17) is 5.73 Å².